The standard InChI is InChI=1S/C22H22ClF2N7S/c23-18-16(3-5-29-19(18)27)33-21-20(28)31-17(8-30-21)32-6-4-12-14(9-32)22(12,10-26)13-7-11(24)1-2-15(13)25/h1-3,5,7-8,12,14H,4,6,9-10,26H2,(H2,27,29)(H2,28,31)/t12-,14+,22-/m1/s1. The third kappa shape index (κ3) is 3.66. The van der Waals surface area contributed by atoms with Crippen LogP contribution in [0.15, 0.2) is 46.6 Å². The van der Waals surface area contributed by atoms with E-state index < -0.39 is 17.0 Å². The molecule has 2 aromatic heterocycles. The Labute approximate surface area is 198 Å². The van der Waals surface area contributed by atoms with Crippen LogP contribution in [-0.2, 0) is 5.41 Å². The Bertz CT molecular complexity index is 1230. The first kappa shape index (κ1) is 22.1. The van der Waals surface area contributed by atoms with Gasteiger partial charge in [-0.15, -0.1) is 0 Å². The van der Waals surface area contributed by atoms with Crippen LogP contribution in [0.2, 0.25) is 5.02 Å². The fraction of sp³-hybridized carbons (Fsp3) is 0.318. The summed E-state index contributed by atoms with van der Waals surface area (Å²) in [5, 5.41) is 0.844. The highest BCUT2D eigenvalue weighted by molar-refractivity contribution is 7.99. The molecule has 0 radical (unpaired) electrons. The van der Waals surface area contributed by atoms with Crippen LogP contribution in [0, 0.1) is 23.5 Å². The van der Waals surface area contributed by atoms with Crippen LogP contribution in [0.25, 0.3) is 0 Å². The SMILES string of the molecule is NC[C@]1(c2cc(F)ccc2F)[C@@H]2CCN(c3cnc(Sc4ccnc(N)c4Cl)c(N)n3)C[C@@H]21. The van der Waals surface area contributed by atoms with Crippen LogP contribution in [0.5, 0.6) is 0 Å². The minimum atomic E-state index is -0.562. The van der Waals surface area contributed by atoms with Gasteiger partial charge in [-0.25, -0.2) is 23.7 Å². The Balaban J connectivity index is 1.36. The van der Waals surface area contributed by atoms with Crippen molar-refractivity contribution in [1.82, 2.24) is 15.0 Å². The Morgan fingerprint density at radius 2 is 1.97 bits per heavy atom. The number of anilines is 3. The van der Waals surface area contributed by atoms with Gasteiger partial charge in [-0.2, -0.15) is 0 Å². The molecule has 11 heteroatoms. The van der Waals surface area contributed by atoms with Crippen molar-refractivity contribution < 1.29 is 8.78 Å². The van der Waals surface area contributed by atoms with Gasteiger partial charge in [0.2, 0.25) is 0 Å². The number of piperidine rings is 1. The molecular weight excluding hydrogens is 468 g/mol. The van der Waals surface area contributed by atoms with Gasteiger partial charge in [0.15, 0.2) is 5.82 Å². The molecule has 6 N–H and O–H groups in total. The summed E-state index contributed by atoms with van der Waals surface area (Å²) in [6, 6.07) is 5.32. The maximum absolute atomic E-state index is 14.6. The molecule has 3 atom stereocenters. The fourth-order valence-electron chi connectivity index (χ4n) is 5.09. The number of rotatable bonds is 5. The lowest BCUT2D eigenvalue weighted by Crippen LogP contribution is -2.33. The normalized spacial score (nSPS) is 23.9. The van der Waals surface area contributed by atoms with Crippen LogP contribution >= 0.6 is 23.4 Å². The van der Waals surface area contributed by atoms with Crippen LogP contribution in [0.1, 0.15) is 12.0 Å². The van der Waals surface area contributed by atoms with E-state index in [2.05, 4.69) is 19.9 Å². The molecule has 1 saturated heterocycles. The number of benzene rings is 1. The molecule has 3 heterocycles. The number of hydrogen-bond acceptors (Lipinski definition) is 8. The second kappa shape index (κ2) is 8.27. The topological polar surface area (TPSA) is 120 Å². The number of fused-ring (bicyclic) bond motifs is 1. The molecule has 5 rings (SSSR count). The molecule has 2 aliphatic rings. The first-order valence-corrected chi connectivity index (χ1v) is 11.7. The van der Waals surface area contributed by atoms with Gasteiger partial charge in [0, 0.05) is 36.1 Å². The van der Waals surface area contributed by atoms with E-state index in [9.17, 15) is 8.78 Å². The van der Waals surface area contributed by atoms with E-state index in [4.69, 9.17) is 28.8 Å². The van der Waals surface area contributed by atoms with Crippen molar-refractivity contribution >= 4 is 40.8 Å². The maximum atomic E-state index is 14.6. The van der Waals surface area contributed by atoms with E-state index >= 15 is 0 Å². The molecule has 0 spiro atoms. The molecule has 2 fully saturated rings. The Morgan fingerprint density at radius 3 is 2.73 bits per heavy atom. The van der Waals surface area contributed by atoms with Crippen molar-refractivity contribution in [3.05, 3.63) is 58.9 Å². The van der Waals surface area contributed by atoms with Crippen LogP contribution < -0.4 is 22.1 Å². The maximum Gasteiger partial charge on any atom is 0.158 e. The molecular formula is C22H22ClF2N7S. The Hall–Kier alpha value is -2.69. The molecule has 0 amide bonds. The highest BCUT2D eigenvalue weighted by atomic mass is 35.5. The fourth-order valence-corrected chi connectivity index (χ4v) is 6.10. The van der Waals surface area contributed by atoms with Gasteiger partial charge in [-0.3, -0.25) is 0 Å². The van der Waals surface area contributed by atoms with Gasteiger partial charge >= 0.3 is 0 Å². The molecule has 0 unspecified atom stereocenters. The summed E-state index contributed by atoms with van der Waals surface area (Å²) in [7, 11) is 0. The number of nitrogen functional groups attached to an aromatic ring is 2. The number of pyridine rings is 1. The average Bonchev–Trinajstić information content (AvgIpc) is 3.47. The van der Waals surface area contributed by atoms with E-state index in [-0.39, 0.29) is 30.0 Å². The zero-order chi connectivity index (χ0) is 23.3. The third-order valence-electron chi connectivity index (χ3n) is 6.76. The molecule has 1 saturated carbocycles. The van der Waals surface area contributed by atoms with Crippen molar-refractivity contribution in [2.75, 3.05) is 36.0 Å². The Morgan fingerprint density at radius 1 is 1.15 bits per heavy atom. The molecule has 172 valence electrons. The Kier molecular flexibility index (Phi) is 5.54. The number of aromatic nitrogens is 3. The quantitative estimate of drug-likeness (QED) is 0.498. The first-order valence-electron chi connectivity index (χ1n) is 10.5. The number of hydrogen-bond donors (Lipinski definition) is 3. The summed E-state index contributed by atoms with van der Waals surface area (Å²) >= 11 is 7.48. The second-order valence-corrected chi connectivity index (χ2v) is 9.75. The third-order valence-corrected chi connectivity index (χ3v) is 8.33. The van der Waals surface area contributed by atoms with E-state index in [1.54, 1.807) is 18.5 Å². The van der Waals surface area contributed by atoms with Crippen molar-refractivity contribution in [3.8, 4) is 0 Å². The van der Waals surface area contributed by atoms with Crippen molar-refractivity contribution in [2.24, 2.45) is 17.6 Å². The highest BCUT2D eigenvalue weighted by Crippen LogP contribution is 2.63. The van der Waals surface area contributed by atoms with E-state index in [0.717, 1.165) is 12.5 Å². The smallest absolute Gasteiger partial charge is 0.158 e. The number of halogens is 3. The summed E-state index contributed by atoms with van der Waals surface area (Å²) in [6.45, 7) is 1.58. The molecule has 3 aromatic rings. The first-order chi connectivity index (χ1) is 15.8. The number of nitrogens with zero attached hydrogens (tertiary/aromatic N) is 4. The largest absolute Gasteiger partial charge is 0.382 e. The minimum Gasteiger partial charge on any atom is -0.382 e. The molecule has 7 nitrogen and oxygen atoms in total. The summed E-state index contributed by atoms with van der Waals surface area (Å²) in [5.74, 6) is 0.565. The molecule has 1 aliphatic heterocycles. The average molecular weight is 490 g/mol. The lowest BCUT2D eigenvalue weighted by Gasteiger charge is -2.27. The zero-order valence-electron chi connectivity index (χ0n) is 17.5. The molecule has 1 aliphatic carbocycles. The van der Waals surface area contributed by atoms with Gasteiger partial charge in [-0.05, 0) is 48.1 Å². The van der Waals surface area contributed by atoms with E-state index in [0.29, 0.717) is 39.4 Å². The van der Waals surface area contributed by atoms with Crippen molar-refractivity contribution in [2.45, 2.75) is 21.8 Å². The van der Waals surface area contributed by atoms with E-state index in [1.807, 2.05) is 0 Å². The van der Waals surface area contributed by atoms with Crippen LogP contribution in [0.4, 0.5) is 26.2 Å². The van der Waals surface area contributed by atoms with Crippen molar-refractivity contribution in [3.63, 3.8) is 0 Å². The predicted octanol–water partition coefficient (Wildman–Crippen LogP) is 3.47. The number of nitrogens with two attached hydrogens (primary N) is 3. The second-order valence-electron chi connectivity index (χ2n) is 8.35. The van der Waals surface area contributed by atoms with Gasteiger partial charge in [0.05, 0.1) is 11.2 Å². The molecule has 0 bridgehead atoms. The molecule has 1 aromatic carbocycles. The lowest BCUT2D eigenvalue weighted by atomic mass is 9.90. The zero-order valence-corrected chi connectivity index (χ0v) is 19.1. The summed E-state index contributed by atoms with van der Waals surface area (Å²) in [4.78, 5) is 15.7. The summed E-state index contributed by atoms with van der Waals surface area (Å²) < 4.78 is 28.5. The predicted molar refractivity (Wildman–Crippen MR) is 125 cm³/mol. The lowest BCUT2D eigenvalue weighted by molar-refractivity contribution is 0.523. The van der Waals surface area contributed by atoms with Gasteiger partial charge < -0.3 is 22.1 Å². The highest BCUT2D eigenvalue weighted by Gasteiger charge is 2.66. The van der Waals surface area contributed by atoms with Crippen LogP contribution in [0.3, 0.4) is 0 Å². The van der Waals surface area contributed by atoms with Gasteiger partial charge in [0.1, 0.15) is 28.3 Å². The summed E-state index contributed by atoms with van der Waals surface area (Å²) in [5.41, 5.74) is 17.9. The molecule has 33 heavy (non-hydrogen) atoms. The van der Waals surface area contributed by atoms with Gasteiger partial charge in [0.25, 0.3) is 0 Å². The van der Waals surface area contributed by atoms with Gasteiger partial charge in [-0.1, -0.05) is 23.4 Å². The van der Waals surface area contributed by atoms with Crippen LogP contribution in [-0.4, -0.2) is 34.6 Å². The minimum absolute atomic E-state index is 0.100. The van der Waals surface area contributed by atoms with Crippen molar-refractivity contribution in [1.29, 1.82) is 0 Å². The van der Waals surface area contributed by atoms with E-state index in [1.165, 1.54) is 23.9 Å². The summed E-state index contributed by atoms with van der Waals surface area (Å²) in [6.07, 6.45) is 4.01. The monoisotopic (exact) mass is 489 g/mol.